The average Bonchev–Trinajstić information content (AvgIpc) is 2.68. The number of fused-ring (bicyclic) bond motifs is 1. The fourth-order valence-corrected chi connectivity index (χ4v) is 1.96. The summed E-state index contributed by atoms with van der Waals surface area (Å²) in [6, 6.07) is 9.10. The predicted octanol–water partition coefficient (Wildman–Crippen LogP) is 2.34. The lowest BCUT2D eigenvalue weighted by Crippen LogP contribution is -1.92. The van der Waals surface area contributed by atoms with Gasteiger partial charge < -0.3 is 9.67 Å². The molecule has 0 saturated heterocycles. The van der Waals surface area contributed by atoms with E-state index in [1.54, 1.807) is 24.5 Å². The van der Waals surface area contributed by atoms with E-state index in [1.165, 1.54) is 0 Å². The Bertz CT molecular complexity index is 688. The van der Waals surface area contributed by atoms with E-state index in [0.717, 1.165) is 22.4 Å². The fraction of sp³-hybridized carbons (Fsp3) is 0.0769. The number of hydrogen-bond acceptors (Lipinski definition) is 3. The summed E-state index contributed by atoms with van der Waals surface area (Å²) in [5, 5.41) is 9.84. The van der Waals surface area contributed by atoms with E-state index in [0.29, 0.717) is 0 Å². The number of benzene rings is 1. The van der Waals surface area contributed by atoms with Crippen molar-refractivity contribution in [1.82, 2.24) is 14.5 Å². The van der Waals surface area contributed by atoms with Gasteiger partial charge in [0, 0.05) is 13.2 Å². The highest BCUT2D eigenvalue weighted by molar-refractivity contribution is 5.80. The van der Waals surface area contributed by atoms with Gasteiger partial charge in [-0.15, -0.1) is 0 Å². The molecule has 4 nitrogen and oxygen atoms in total. The van der Waals surface area contributed by atoms with E-state index in [2.05, 4.69) is 9.97 Å². The molecule has 4 heteroatoms. The van der Waals surface area contributed by atoms with Crippen molar-refractivity contribution >= 4 is 11.0 Å². The van der Waals surface area contributed by atoms with Crippen LogP contribution in [0.1, 0.15) is 0 Å². The quantitative estimate of drug-likeness (QED) is 0.691. The number of pyridine rings is 1. The topological polar surface area (TPSA) is 50.9 Å². The normalized spacial score (nSPS) is 10.9. The minimum Gasteiger partial charge on any atom is -0.507 e. The first kappa shape index (κ1) is 9.84. The van der Waals surface area contributed by atoms with Crippen LogP contribution in [0.2, 0.25) is 0 Å². The van der Waals surface area contributed by atoms with Crippen molar-refractivity contribution in [2.24, 2.45) is 7.05 Å². The number of phenols is 1. The van der Waals surface area contributed by atoms with Gasteiger partial charge in [-0.25, -0.2) is 4.98 Å². The highest BCUT2D eigenvalue weighted by Crippen LogP contribution is 2.29. The monoisotopic (exact) mass is 225 g/mol. The number of aromatic nitrogens is 3. The number of aromatic hydroxyl groups is 1. The molecule has 1 aromatic carbocycles. The van der Waals surface area contributed by atoms with Crippen molar-refractivity contribution in [2.75, 3.05) is 0 Å². The molecule has 1 N–H and O–H groups in total. The van der Waals surface area contributed by atoms with Gasteiger partial charge in [-0.3, -0.25) is 4.98 Å². The minimum absolute atomic E-state index is 0.235. The number of hydrogen-bond donors (Lipinski definition) is 1. The maximum atomic E-state index is 9.84. The van der Waals surface area contributed by atoms with Crippen molar-refractivity contribution < 1.29 is 5.11 Å². The van der Waals surface area contributed by atoms with Gasteiger partial charge in [0.1, 0.15) is 17.1 Å². The molecule has 0 atom stereocenters. The third kappa shape index (κ3) is 1.45. The highest BCUT2D eigenvalue weighted by Gasteiger charge is 2.12. The van der Waals surface area contributed by atoms with Crippen LogP contribution in [0, 0.1) is 0 Å². The SMILES string of the molecule is Cn1c(-c2ccccc2O)nc2cnccc21. The molecule has 0 spiro atoms. The lowest BCUT2D eigenvalue weighted by molar-refractivity contribution is 0.476. The van der Waals surface area contributed by atoms with Crippen molar-refractivity contribution in [3.63, 3.8) is 0 Å². The summed E-state index contributed by atoms with van der Waals surface area (Å²) < 4.78 is 1.95. The Hall–Kier alpha value is -2.36. The van der Waals surface area contributed by atoms with E-state index in [1.807, 2.05) is 29.8 Å². The van der Waals surface area contributed by atoms with Crippen LogP contribution in [-0.4, -0.2) is 19.6 Å². The zero-order valence-electron chi connectivity index (χ0n) is 9.33. The molecule has 2 heterocycles. The second-order valence-electron chi connectivity index (χ2n) is 3.88. The summed E-state index contributed by atoms with van der Waals surface area (Å²) >= 11 is 0. The molecule has 0 fully saturated rings. The van der Waals surface area contributed by atoms with E-state index in [4.69, 9.17) is 0 Å². The number of phenolic OH excluding ortho intramolecular Hbond substituents is 1. The molecule has 0 radical (unpaired) electrons. The molecular formula is C13H11N3O. The predicted molar refractivity (Wildman–Crippen MR) is 65.6 cm³/mol. The van der Waals surface area contributed by atoms with Gasteiger partial charge in [-0.1, -0.05) is 12.1 Å². The molecular weight excluding hydrogens is 214 g/mol. The lowest BCUT2D eigenvalue weighted by Gasteiger charge is -2.04. The molecule has 0 aliphatic heterocycles. The van der Waals surface area contributed by atoms with Crippen molar-refractivity contribution in [2.45, 2.75) is 0 Å². The van der Waals surface area contributed by atoms with Gasteiger partial charge in [0.15, 0.2) is 0 Å². The first-order valence-electron chi connectivity index (χ1n) is 5.32. The first-order chi connectivity index (χ1) is 8.27. The van der Waals surface area contributed by atoms with Crippen LogP contribution in [0.3, 0.4) is 0 Å². The minimum atomic E-state index is 0.235. The van der Waals surface area contributed by atoms with E-state index < -0.39 is 0 Å². The summed E-state index contributed by atoms with van der Waals surface area (Å²) in [4.78, 5) is 8.53. The van der Waals surface area contributed by atoms with Gasteiger partial charge in [0.05, 0.1) is 17.3 Å². The lowest BCUT2D eigenvalue weighted by atomic mass is 10.2. The van der Waals surface area contributed by atoms with Crippen LogP contribution in [0.4, 0.5) is 0 Å². The van der Waals surface area contributed by atoms with Crippen molar-refractivity contribution in [3.05, 3.63) is 42.7 Å². The summed E-state index contributed by atoms with van der Waals surface area (Å²) in [7, 11) is 1.93. The molecule has 0 aliphatic carbocycles. The van der Waals surface area contributed by atoms with Crippen LogP contribution in [0.15, 0.2) is 42.7 Å². The van der Waals surface area contributed by atoms with E-state index >= 15 is 0 Å². The molecule has 0 aliphatic rings. The molecule has 84 valence electrons. The third-order valence-electron chi connectivity index (χ3n) is 2.83. The van der Waals surface area contributed by atoms with Gasteiger partial charge in [0.2, 0.25) is 0 Å². The van der Waals surface area contributed by atoms with Crippen LogP contribution >= 0.6 is 0 Å². The average molecular weight is 225 g/mol. The smallest absolute Gasteiger partial charge is 0.144 e. The zero-order valence-corrected chi connectivity index (χ0v) is 9.33. The number of aryl methyl sites for hydroxylation is 1. The van der Waals surface area contributed by atoms with Crippen molar-refractivity contribution in [3.8, 4) is 17.1 Å². The molecule has 3 aromatic rings. The largest absolute Gasteiger partial charge is 0.507 e. The number of para-hydroxylation sites is 1. The molecule has 17 heavy (non-hydrogen) atoms. The highest BCUT2D eigenvalue weighted by atomic mass is 16.3. The van der Waals surface area contributed by atoms with Gasteiger partial charge in [0.25, 0.3) is 0 Å². The molecule has 0 amide bonds. The Kier molecular flexibility index (Phi) is 2.08. The second-order valence-corrected chi connectivity index (χ2v) is 3.88. The molecule has 3 rings (SSSR count). The summed E-state index contributed by atoms with van der Waals surface area (Å²) in [6.07, 6.45) is 3.46. The van der Waals surface area contributed by atoms with Crippen LogP contribution in [0.25, 0.3) is 22.4 Å². The van der Waals surface area contributed by atoms with Gasteiger partial charge in [-0.05, 0) is 18.2 Å². The number of nitrogens with zero attached hydrogens (tertiary/aromatic N) is 3. The second kappa shape index (κ2) is 3.59. The standard InChI is InChI=1S/C13H11N3O/c1-16-11-6-7-14-8-10(11)15-13(16)9-4-2-3-5-12(9)17/h2-8,17H,1H3. The van der Waals surface area contributed by atoms with Crippen LogP contribution in [0.5, 0.6) is 5.75 Å². The van der Waals surface area contributed by atoms with Crippen molar-refractivity contribution in [1.29, 1.82) is 0 Å². The number of rotatable bonds is 1. The summed E-state index contributed by atoms with van der Waals surface area (Å²) in [6.45, 7) is 0. The maximum Gasteiger partial charge on any atom is 0.144 e. The Balaban J connectivity index is 2.32. The van der Waals surface area contributed by atoms with Gasteiger partial charge in [-0.2, -0.15) is 0 Å². The molecule has 2 aromatic heterocycles. The fourth-order valence-electron chi connectivity index (χ4n) is 1.96. The summed E-state index contributed by atoms with van der Waals surface area (Å²) in [5.41, 5.74) is 2.55. The Morgan fingerprint density at radius 2 is 2.00 bits per heavy atom. The third-order valence-corrected chi connectivity index (χ3v) is 2.83. The Morgan fingerprint density at radius 3 is 2.76 bits per heavy atom. The molecule has 0 unspecified atom stereocenters. The first-order valence-corrected chi connectivity index (χ1v) is 5.32. The van der Waals surface area contributed by atoms with E-state index in [-0.39, 0.29) is 5.75 Å². The van der Waals surface area contributed by atoms with Crippen LogP contribution in [-0.2, 0) is 7.05 Å². The Labute approximate surface area is 98.2 Å². The zero-order chi connectivity index (χ0) is 11.8. The summed E-state index contributed by atoms with van der Waals surface area (Å²) in [5.74, 6) is 0.977. The molecule has 0 saturated carbocycles. The van der Waals surface area contributed by atoms with E-state index in [9.17, 15) is 5.11 Å². The van der Waals surface area contributed by atoms with Gasteiger partial charge >= 0.3 is 0 Å². The Morgan fingerprint density at radius 1 is 1.18 bits per heavy atom. The van der Waals surface area contributed by atoms with Crippen LogP contribution < -0.4 is 0 Å². The maximum absolute atomic E-state index is 9.84. The number of imidazole rings is 1. The molecule has 0 bridgehead atoms.